The number of urea groups is 1. The number of aryl methyl sites for hydroxylation is 1. The molecule has 10 nitrogen and oxygen atoms in total. The molecule has 0 saturated carbocycles. The number of nitrogens with one attached hydrogen (secondary N) is 3. The predicted octanol–water partition coefficient (Wildman–Crippen LogP) is 2.22. The van der Waals surface area contributed by atoms with E-state index in [-0.39, 0.29) is 6.03 Å². The van der Waals surface area contributed by atoms with Crippen LogP contribution in [0.2, 0.25) is 0 Å². The minimum absolute atomic E-state index is 0.340. The summed E-state index contributed by atoms with van der Waals surface area (Å²) >= 11 is 0. The van der Waals surface area contributed by atoms with Gasteiger partial charge in [0, 0.05) is 37.6 Å². The van der Waals surface area contributed by atoms with Crippen LogP contribution in [0.1, 0.15) is 5.82 Å². The molecule has 0 bridgehead atoms. The van der Waals surface area contributed by atoms with E-state index in [1.54, 1.807) is 31.5 Å². The molecule has 0 radical (unpaired) electrons. The zero-order valence-electron chi connectivity index (χ0n) is 16.5. The third-order valence-electron chi connectivity index (χ3n) is 4.10. The Kier molecular flexibility index (Phi) is 6.46. The number of carbonyl (C=O) groups is 1. The first-order chi connectivity index (χ1) is 14.1. The number of methoxy groups -OCH3 is 2. The van der Waals surface area contributed by atoms with Crippen LogP contribution in [-0.2, 0) is 0 Å². The van der Waals surface area contributed by atoms with Gasteiger partial charge in [-0.15, -0.1) is 0 Å². The van der Waals surface area contributed by atoms with Crippen molar-refractivity contribution in [2.45, 2.75) is 6.92 Å². The standard InChI is InChI=1S/C19H23N7O3/c1-13-20-8-9-26(13)18-11-17(23-12-24-18)21-6-7-22-19(27)25-15-5-4-14(28-2)10-16(15)29-3/h4-5,8-12H,6-7H2,1-3H3,(H,21,23,24)(H2,22,25,27). The molecule has 0 aliphatic heterocycles. The summed E-state index contributed by atoms with van der Waals surface area (Å²) in [5, 5.41) is 8.68. The average Bonchev–Trinajstić information content (AvgIpc) is 3.17. The van der Waals surface area contributed by atoms with Crippen molar-refractivity contribution in [3.8, 4) is 17.3 Å². The number of ether oxygens (including phenoxy) is 2. The smallest absolute Gasteiger partial charge is 0.319 e. The van der Waals surface area contributed by atoms with Gasteiger partial charge in [-0.3, -0.25) is 4.57 Å². The number of benzene rings is 1. The van der Waals surface area contributed by atoms with Crippen LogP contribution in [0.4, 0.5) is 16.3 Å². The van der Waals surface area contributed by atoms with Crippen molar-refractivity contribution in [1.82, 2.24) is 24.8 Å². The molecule has 3 rings (SSSR count). The number of carbonyl (C=O) groups excluding carboxylic acids is 1. The third kappa shape index (κ3) is 5.12. The van der Waals surface area contributed by atoms with Gasteiger partial charge in [-0.05, 0) is 19.1 Å². The molecule has 0 saturated heterocycles. The number of hydrogen-bond donors (Lipinski definition) is 3. The van der Waals surface area contributed by atoms with Crippen molar-refractivity contribution in [3.63, 3.8) is 0 Å². The van der Waals surface area contributed by atoms with Gasteiger partial charge in [0.1, 0.15) is 35.3 Å². The summed E-state index contributed by atoms with van der Waals surface area (Å²) in [7, 11) is 3.10. The van der Waals surface area contributed by atoms with Gasteiger partial charge in [-0.25, -0.2) is 19.7 Å². The second-order valence-electron chi connectivity index (χ2n) is 5.98. The molecule has 3 aromatic rings. The lowest BCUT2D eigenvalue weighted by atomic mass is 10.2. The predicted molar refractivity (Wildman–Crippen MR) is 109 cm³/mol. The number of nitrogens with zero attached hydrogens (tertiary/aromatic N) is 4. The van der Waals surface area contributed by atoms with Crippen molar-refractivity contribution in [2.75, 3.05) is 37.9 Å². The monoisotopic (exact) mass is 397 g/mol. The molecule has 3 N–H and O–H groups in total. The van der Waals surface area contributed by atoms with Crippen LogP contribution in [0.3, 0.4) is 0 Å². The molecule has 0 atom stereocenters. The highest BCUT2D eigenvalue weighted by Crippen LogP contribution is 2.28. The Morgan fingerprint density at radius 2 is 1.97 bits per heavy atom. The molecule has 10 heteroatoms. The molecule has 0 unspecified atom stereocenters. The lowest BCUT2D eigenvalue weighted by Crippen LogP contribution is -2.32. The summed E-state index contributed by atoms with van der Waals surface area (Å²) in [5.41, 5.74) is 0.551. The van der Waals surface area contributed by atoms with Crippen LogP contribution >= 0.6 is 0 Å². The lowest BCUT2D eigenvalue weighted by Gasteiger charge is -2.13. The Morgan fingerprint density at radius 3 is 2.69 bits per heavy atom. The second kappa shape index (κ2) is 9.40. The minimum atomic E-state index is -0.340. The molecule has 2 aromatic heterocycles. The zero-order valence-corrected chi connectivity index (χ0v) is 16.5. The minimum Gasteiger partial charge on any atom is -0.497 e. The molecule has 29 heavy (non-hydrogen) atoms. The molecular weight excluding hydrogens is 374 g/mol. The zero-order chi connectivity index (χ0) is 20.6. The highest BCUT2D eigenvalue weighted by molar-refractivity contribution is 5.91. The van der Waals surface area contributed by atoms with Gasteiger partial charge in [0.2, 0.25) is 0 Å². The van der Waals surface area contributed by atoms with Crippen LogP contribution in [0.25, 0.3) is 5.82 Å². The summed E-state index contributed by atoms with van der Waals surface area (Å²) in [6.07, 6.45) is 5.03. The van der Waals surface area contributed by atoms with Crippen molar-refractivity contribution in [1.29, 1.82) is 0 Å². The van der Waals surface area contributed by atoms with Crippen molar-refractivity contribution < 1.29 is 14.3 Å². The molecule has 0 spiro atoms. The summed E-state index contributed by atoms with van der Waals surface area (Å²) in [6.45, 7) is 2.79. The van der Waals surface area contributed by atoms with Gasteiger partial charge >= 0.3 is 6.03 Å². The van der Waals surface area contributed by atoms with Gasteiger partial charge in [0.05, 0.1) is 19.9 Å². The van der Waals surface area contributed by atoms with E-state index in [1.807, 2.05) is 23.8 Å². The molecule has 2 amide bonds. The molecule has 152 valence electrons. The van der Waals surface area contributed by atoms with Crippen molar-refractivity contribution >= 4 is 17.5 Å². The van der Waals surface area contributed by atoms with Gasteiger partial charge in [-0.2, -0.15) is 0 Å². The Hall–Kier alpha value is -3.82. The van der Waals surface area contributed by atoms with Gasteiger partial charge in [0.25, 0.3) is 0 Å². The van der Waals surface area contributed by atoms with E-state index in [2.05, 4.69) is 30.9 Å². The molecular formula is C19H23N7O3. The summed E-state index contributed by atoms with van der Waals surface area (Å²) in [4.78, 5) is 24.7. The number of aromatic nitrogens is 4. The van der Waals surface area contributed by atoms with Crippen molar-refractivity contribution in [2.24, 2.45) is 0 Å². The molecule has 2 heterocycles. The van der Waals surface area contributed by atoms with E-state index < -0.39 is 0 Å². The molecule has 0 aliphatic rings. The first-order valence-electron chi connectivity index (χ1n) is 8.94. The number of rotatable bonds is 8. The van der Waals surface area contributed by atoms with E-state index in [0.717, 1.165) is 11.6 Å². The maximum atomic E-state index is 12.1. The third-order valence-corrected chi connectivity index (χ3v) is 4.10. The summed E-state index contributed by atoms with van der Waals surface area (Å²) in [6, 6.07) is 6.64. The van der Waals surface area contributed by atoms with E-state index in [0.29, 0.717) is 36.1 Å². The van der Waals surface area contributed by atoms with E-state index in [9.17, 15) is 4.79 Å². The Balaban J connectivity index is 1.48. The van der Waals surface area contributed by atoms with E-state index in [1.165, 1.54) is 13.4 Å². The van der Waals surface area contributed by atoms with Gasteiger partial charge in [0.15, 0.2) is 0 Å². The highest BCUT2D eigenvalue weighted by atomic mass is 16.5. The van der Waals surface area contributed by atoms with Crippen molar-refractivity contribution in [3.05, 3.63) is 48.8 Å². The first kappa shape index (κ1) is 19.9. The Labute approximate surface area is 168 Å². The van der Waals surface area contributed by atoms with Crippen LogP contribution < -0.4 is 25.4 Å². The fourth-order valence-corrected chi connectivity index (χ4v) is 2.63. The Bertz CT molecular complexity index is 974. The maximum absolute atomic E-state index is 12.1. The normalized spacial score (nSPS) is 10.3. The lowest BCUT2D eigenvalue weighted by molar-refractivity contribution is 0.252. The van der Waals surface area contributed by atoms with Crippen LogP contribution in [0, 0.1) is 6.92 Å². The molecule has 0 fully saturated rings. The topological polar surface area (TPSA) is 115 Å². The largest absolute Gasteiger partial charge is 0.497 e. The average molecular weight is 397 g/mol. The first-order valence-corrected chi connectivity index (χ1v) is 8.94. The van der Waals surface area contributed by atoms with Gasteiger partial charge < -0.3 is 25.4 Å². The van der Waals surface area contributed by atoms with Gasteiger partial charge in [-0.1, -0.05) is 0 Å². The SMILES string of the molecule is COc1ccc(NC(=O)NCCNc2cc(-n3ccnc3C)ncn2)c(OC)c1. The number of hydrogen-bond acceptors (Lipinski definition) is 7. The van der Waals surface area contributed by atoms with E-state index >= 15 is 0 Å². The molecule has 0 aliphatic carbocycles. The second-order valence-corrected chi connectivity index (χ2v) is 5.98. The Morgan fingerprint density at radius 1 is 1.10 bits per heavy atom. The maximum Gasteiger partial charge on any atom is 0.319 e. The van der Waals surface area contributed by atoms with Crippen LogP contribution in [0.5, 0.6) is 11.5 Å². The van der Waals surface area contributed by atoms with E-state index in [4.69, 9.17) is 9.47 Å². The quantitative estimate of drug-likeness (QED) is 0.499. The number of anilines is 2. The van der Waals surface area contributed by atoms with Crippen LogP contribution in [0.15, 0.2) is 43.0 Å². The fourth-order valence-electron chi connectivity index (χ4n) is 2.63. The molecule has 1 aromatic carbocycles. The fraction of sp³-hybridized carbons (Fsp3) is 0.263. The van der Waals surface area contributed by atoms with Crippen LogP contribution in [-0.4, -0.2) is 52.9 Å². The highest BCUT2D eigenvalue weighted by Gasteiger charge is 2.09. The summed E-state index contributed by atoms with van der Waals surface area (Å²) < 4.78 is 12.3. The number of amides is 2. The number of imidazole rings is 1. The summed E-state index contributed by atoms with van der Waals surface area (Å²) in [5.74, 6) is 3.37.